The Morgan fingerprint density at radius 3 is 3.05 bits per heavy atom. The maximum absolute atomic E-state index is 13.8. The second-order valence-electron chi connectivity index (χ2n) is 4.87. The van der Waals surface area contributed by atoms with E-state index in [0.717, 1.165) is 0 Å². The monoisotopic (exact) mass is 282 g/mol. The van der Waals surface area contributed by atoms with Crippen molar-refractivity contribution in [2.24, 2.45) is 5.73 Å². The van der Waals surface area contributed by atoms with Gasteiger partial charge in [-0.05, 0) is 12.1 Å². The number of hydrogen-bond acceptors (Lipinski definition) is 4. The van der Waals surface area contributed by atoms with Gasteiger partial charge in [-0.15, -0.1) is 0 Å². The fourth-order valence-electron chi connectivity index (χ4n) is 2.44. The van der Waals surface area contributed by atoms with Gasteiger partial charge in [-0.25, -0.2) is 4.39 Å². The van der Waals surface area contributed by atoms with Crippen molar-refractivity contribution in [3.8, 4) is 5.75 Å². The van der Waals surface area contributed by atoms with Crippen LogP contribution in [0.2, 0.25) is 0 Å². The lowest BCUT2D eigenvalue weighted by Crippen LogP contribution is -2.31. The molecule has 3 N–H and O–H groups in total. The van der Waals surface area contributed by atoms with Gasteiger partial charge in [0.2, 0.25) is 5.91 Å². The first kappa shape index (κ1) is 14.7. The maximum atomic E-state index is 13.8. The van der Waals surface area contributed by atoms with Gasteiger partial charge in [0.1, 0.15) is 11.6 Å². The van der Waals surface area contributed by atoms with Crippen LogP contribution >= 0.6 is 0 Å². The molecule has 0 saturated heterocycles. The van der Waals surface area contributed by atoms with Gasteiger partial charge in [0.25, 0.3) is 0 Å². The summed E-state index contributed by atoms with van der Waals surface area (Å²) in [6.07, 6.45) is 0.606. The topological polar surface area (TPSA) is 73.6 Å². The van der Waals surface area contributed by atoms with Crippen LogP contribution in [0.15, 0.2) is 12.1 Å². The molecule has 110 valence electrons. The average Bonchev–Trinajstić information content (AvgIpc) is 2.38. The summed E-state index contributed by atoms with van der Waals surface area (Å²) in [5, 5.41) is 2.81. The Morgan fingerprint density at radius 1 is 1.65 bits per heavy atom. The highest BCUT2D eigenvalue weighted by Gasteiger charge is 2.27. The first-order valence-corrected chi connectivity index (χ1v) is 6.50. The fourth-order valence-corrected chi connectivity index (χ4v) is 2.44. The average molecular weight is 282 g/mol. The number of methoxy groups -OCH3 is 1. The molecule has 0 saturated carbocycles. The lowest BCUT2D eigenvalue weighted by Gasteiger charge is -2.29. The van der Waals surface area contributed by atoms with Gasteiger partial charge in [0, 0.05) is 31.6 Å². The van der Waals surface area contributed by atoms with E-state index in [-0.39, 0.29) is 18.6 Å². The highest BCUT2D eigenvalue weighted by atomic mass is 19.1. The molecule has 0 radical (unpaired) electrons. The van der Waals surface area contributed by atoms with Crippen LogP contribution in [0, 0.1) is 5.82 Å². The first-order valence-electron chi connectivity index (χ1n) is 6.50. The Balaban J connectivity index is 2.41. The highest BCUT2D eigenvalue weighted by molar-refractivity contribution is 5.73. The lowest BCUT2D eigenvalue weighted by atomic mass is 9.94. The molecule has 20 heavy (non-hydrogen) atoms. The van der Waals surface area contributed by atoms with Crippen LogP contribution in [0.1, 0.15) is 36.6 Å². The van der Waals surface area contributed by atoms with E-state index in [4.69, 9.17) is 15.2 Å². The molecule has 1 heterocycles. The molecule has 0 fully saturated rings. The number of rotatable bonds is 4. The fraction of sp³-hybridized carbons (Fsp3) is 0.500. The van der Waals surface area contributed by atoms with E-state index in [1.165, 1.54) is 26.2 Å². The minimum absolute atomic E-state index is 0.158. The van der Waals surface area contributed by atoms with Crippen LogP contribution in [-0.4, -0.2) is 26.2 Å². The summed E-state index contributed by atoms with van der Waals surface area (Å²) in [7, 11) is 1.53. The second kappa shape index (κ2) is 6.19. The number of benzene rings is 1. The number of hydrogen-bond donors (Lipinski definition) is 2. The molecule has 6 heteroatoms. The maximum Gasteiger partial charge on any atom is 0.217 e. The normalized spacial score (nSPS) is 18.9. The Labute approximate surface area is 117 Å². The van der Waals surface area contributed by atoms with Crippen LogP contribution in [0.3, 0.4) is 0 Å². The quantitative estimate of drug-likeness (QED) is 0.876. The number of fused-ring (bicyclic) bond motifs is 1. The number of nitrogens with one attached hydrogen (secondary N) is 1. The summed E-state index contributed by atoms with van der Waals surface area (Å²) < 4.78 is 24.4. The van der Waals surface area contributed by atoms with Crippen molar-refractivity contribution in [3.05, 3.63) is 29.1 Å². The minimum Gasteiger partial charge on any atom is -0.493 e. The predicted octanol–water partition coefficient (Wildman–Crippen LogP) is 1.43. The van der Waals surface area contributed by atoms with Crippen molar-refractivity contribution >= 4 is 5.91 Å². The molecule has 2 unspecified atom stereocenters. The zero-order valence-corrected chi connectivity index (χ0v) is 11.6. The summed E-state index contributed by atoms with van der Waals surface area (Å²) in [5.74, 6) is 0.00181. The molecule has 1 aliphatic rings. The number of ether oxygens (including phenoxy) is 2. The van der Waals surface area contributed by atoms with Gasteiger partial charge >= 0.3 is 0 Å². The molecule has 1 amide bonds. The predicted molar refractivity (Wildman–Crippen MR) is 71.9 cm³/mol. The Kier molecular flexibility index (Phi) is 4.57. The Hall–Kier alpha value is -1.66. The SMILES string of the molecule is COCC(N)c1cc(F)cc2c1OCCC2NC(C)=O. The van der Waals surface area contributed by atoms with Crippen molar-refractivity contribution in [3.63, 3.8) is 0 Å². The molecule has 0 aliphatic carbocycles. The summed E-state index contributed by atoms with van der Waals surface area (Å²) in [6, 6.07) is 2.03. The van der Waals surface area contributed by atoms with E-state index >= 15 is 0 Å². The molecular formula is C14H19FN2O3. The van der Waals surface area contributed by atoms with Gasteiger partial charge < -0.3 is 20.5 Å². The van der Waals surface area contributed by atoms with Crippen LogP contribution in [0.5, 0.6) is 5.75 Å². The molecule has 1 aliphatic heterocycles. The van der Waals surface area contributed by atoms with Gasteiger partial charge in [-0.1, -0.05) is 0 Å². The molecule has 5 nitrogen and oxygen atoms in total. The van der Waals surface area contributed by atoms with Gasteiger partial charge in [0.05, 0.1) is 25.3 Å². The number of nitrogens with two attached hydrogens (primary N) is 1. The van der Waals surface area contributed by atoms with E-state index in [9.17, 15) is 9.18 Å². The highest BCUT2D eigenvalue weighted by Crippen LogP contribution is 2.38. The Morgan fingerprint density at radius 2 is 2.40 bits per heavy atom. The molecular weight excluding hydrogens is 263 g/mol. The number of carbonyl (C=O) groups excluding carboxylic acids is 1. The summed E-state index contributed by atoms with van der Waals surface area (Å²) in [5.41, 5.74) is 7.19. The van der Waals surface area contributed by atoms with E-state index in [0.29, 0.717) is 29.9 Å². The zero-order chi connectivity index (χ0) is 14.7. The van der Waals surface area contributed by atoms with Crippen molar-refractivity contribution < 1.29 is 18.7 Å². The number of amides is 1. The van der Waals surface area contributed by atoms with Gasteiger partial charge in [0.15, 0.2) is 0 Å². The van der Waals surface area contributed by atoms with E-state index in [1.54, 1.807) is 0 Å². The molecule has 0 spiro atoms. The molecule has 0 bridgehead atoms. The van der Waals surface area contributed by atoms with Crippen molar-refractivity contribution in [1.29, 1.82) is 0 Å². The van der Waals surface area contributed by atoms with Crippen LogP contribution in [0.25, 0.3) is 0 Å². The van der Waals surface area contributed by atoms with Crippen molar-refractivity contribution in [1.82, 2.24) is 5.32 Å². The third-order valence-electron chi connectivity index (χ3n) is 3.26. The number of halogens is 1. The van der Waals surface area contributed by atoms with Crippen LogP contribution in [-0.2, 0) is 9.53 Å². The third-order valence-corrected chi connectivity index (χ3v) is 3.26. The largest absolute Gasteiger partial charge is 0.493 e. The zero-order valence-electron chi connectivity index (χ0n) is 11.6. The number of carbonyl (C=O) groups is 1. The Bertz CT molecular complexity index is 507. The van der Waals surface area contributed by atoms with E-state index in [1.807, 2.05) is 0 Å². The molecule has 0 aromatic heterocycles. The standard InChI is InChI=1S/C14H19FN2O3/c1-8(18)17-13-3-4-20-14-10(12(16)7-19-2)5-9(15)6-11(13)14/h5-6,12-13H,3-4,7,16H2,1-2H3,(H,17,18). The first-order chi connectivity index (χ1) is 9.52. The minimum atomic E-state index is -0.472. The summed E-state index contributed by atoms with van der Waals surface area (Å²) in [6.45, 7) is 2.16. The van der Waals surface area contributed by atoms with Crippen molar-refractivity contribution in [2.75, 3.05) is 20.3 Å². The summed E-state index contributed by atoms with van der Waals surface area (Å²) >= 11 is 0. The van der Waals surface area contributed by atoms with Crippen molar-refractivity contribution in [2.45, 2.75) is 25.4 Å². The third kappa shape index (κ3) is 3.08. The molecule has 1 aromatic carbocycles. The van der Waals surface area contributed by atoms with Gasteiger partial charge in [-0.3, -0.25) is 4.79 Å². The van der Waals surface area contributed by atoms with Crippen LogP contribution in [0.4, 0.5) is 4.39 Å². The second-order valence-corrected chi connectivity index (χ2v) is 4.87. The van der Waals surface area contributed by atoms with E-state index in [2.05, 4.69) is 5.32 Å². The lowest BCUT2D eigenvalue weighted by molar-refractivity contribution is -0.119. The molecule has 2 rings (SSSR count). The smallest absolute Gasteiger partial charge is 0.217 e. The van der Waals surface area contributed by atoms with Crippen LogP contribution < -0.4 is 15.8 Å². The summed E-state index contributed by atoms with van der Waals surface area (Å²) in [4.78, 5) is 11.2. The van der Waals surface area contributed by atoms with Gasteiger partial charge in [-0.2, -0.15) is 0 Å². The molecule has 1 aromatic rings. The molecule has 2 atom stereocenters. The van der Waals surface area contributed by atoms with E-state index < -0.39 is 11.9 Å².